The number of hydrogen-bond donors (Lipinski definition) is 0. The Morgan fingerprint density at radius 2 is 1.59 bits per heavy atom. The predicted octanol–water partition coefficient (Wildman–Crippen LogP) is 5.61. The van der Waals surface area contributed by atoms with Crippen molar-refractivity contribution in [3.63, 3.8) is 0 Å². The van der Waals surface area contributed by atoms with Crippen molar-refractivity contribution in [1.82, 2.24) is 4.90 Å². The fraction of sp³-hybridized carbons (Fsp3) is 0.455. The number of halogens is 6. The second-order valence-electron chi connectivity index (χ2n) is 7.39. The summed E-state index contributed by atoms with van der Waals surface area (Å²) in [4.78, 5) is 1.75. The Bertz CT molecular complexity index is 839. The maximum absolute atomic E-state index is 12.7. The summed E-state index contributed by atoms with van der Waals surface area (Å²) in [7, 11) is 3.49. The van der Waals surface area contributed by atoms with Crippen molar-refractivity contribution < 1.29 is 40.6 Å². The highest BCUT2D eigenvalue weighted by molar-refractivity contribution is 5.35. The molecule has 0 radical (unpaired) electrons. The minimum Gasteiger partial charge on any atom is -0.491 e. The molecule has 4 nitrogen and oxygen atoms in total. The molecule has 2 aromatic carbocycles. The summed E-state index contributed by atoms with van der Waals surface area (Å²) in [6, 6.07) is 12.5. The van der Waals surface area contributed by atoms with Gasteiger partial charge < -0.3 is 14.4 Å². The summed E-state index contributed by atoms with van der Waals surface area (Å²) in [6.45, 7) is 0.0986. The lowest BCUT2D eigenvalue weighted by molar-refractivity contribution is -0.345. The van der Waals surface area contributed by atoms with Gasteiger partial charge in [0.25, 0.3) is 0 Å². The molecule has 2 rings (SSSR count). The van der Waals surface area contributed by atoms with Crippen LogP contribution < -0.4 is 9.47 Å². The molecule has 0 bridgehead atoms. The summed E-state index contributed by atoms with van der Waals surface area (Å²) in [5.41, 5.74) is 1.33. The van der Waals surface area contributed by atoms with Crippen LogP contribution in [0.25, 0.3) is 0 Å². The molecule has 0 aliphatic carbocycles. The van der Waals surface area contributed by atoms with E-state index in [1.165, 1.54) is 18.2 Å². The molecule has 0 saturated carbocycles. The predicted molar refractivity (Wildman–Crippen MR) is 107 cm³/mol. The van der Waals surface area contributed by atoms with Crippen molar-refractivity contribution >= 4 is 0 Å². The first-order chi connectivity index (χ1) is 14.9. The number of ether oxygens (including phenoxy) is 3. The van der Waals surface area contributed by atoms with Gasteiger partial charge in [0, 0.05) is 6.54 Å². The highest BCUT2D eigenvalue weighted by atomic mass is 19.4. The molecule has 0 aliphatic rings. The van der Waals surface area contributed by atoms with E-state index in [1.807, 2.05) is 0 Å². The first-order valence-electron chi connectivity index (χ1n) is 9.86. The third-order valence-electron chi connectivity index (χ3n) is 4.41. The number of hydrogen-bond acceptors (Lipinski definition) is 4. The van der Waals surface area contributed by atoms with Crippen LogP contribution in [0.3, 0.4) is 0 Å². The quantitative estimate of drug-likeness (QED) is 0.404. The molecular weight excluding hydrogens is 440 g/mol. The average molecular weight is 465 g/mol. The van der Waals surface area contributed by atoms with Gasteiger partial charge in [-0.25, -0.2) is 0 Å². The van der Waals surface area contributed by atoms with Crippen molar-refractivity contribution in [2.24, 2.45) is 0 Å². The van der Waals surface area contributed by atoms with E-state index in [0.717, 1.165) is 0 Å². The number of para-hydroxylation sites is 1. The fourth-order valence-electron chi connectivity index (χ4n) is 2.98. The topological polar surface area (TPSA) is 30.9 Å². The van der Waals surface area contributed by atoms with Gasteiger partial charge in [0.05, 0.1) is 0 Å². The van der Waals surface area contributed by atoms with Crippen molar-refractivity contribution in [3.8, 4) is 11.5 Å². The molecule has 0 spiro atoms. The number of rotatable bonds is 11. The first-order valence-corrected chi connectivity index (χ1v) is 9.86. The van der Waals surface area contributed by atoms with E-state index in [2.05, 4.69) is 9.47 Å². The summed E-state index contributed by atoms with van der Waals surface area (Å²) in [5.74, 6) is 0.0865. The standard InChI is InChI=1S/C22H25F6NO3/c1-29(2)13-12-19(32-22(26,27)28)15-30-20-9-4-3-7-17(20)11-10-16-6-5-8-18(14-16)31-21(23,24)25/h3-9,14,19H,10-13,15H2,1-2H3/t19-/m0/s1. The minimum atomic E-state index is -4.78. The molecule has 0 heterocycles. The molecule has 0 unspecified atom stereocenters. The smallest absolute Gasteiger partial charge is 0.491 e. The average Bonchev–Trinajstić information content (AvgIpc) is 2.67. The Balaban J connectivity index is 2.02. The van der Waals surface area contributed by atoms with Crippen LogP contribution in [-0.4, -0.2) is 51.0 Å². The Hall–Kier alpha value is -2.46. The Kier molecular flexibility index (Phi) is 9.21. The number of alkyl halides is 6. The van der Waals surface area contributed by atoms with Crippen LogP contribution in [0.1, 0.15) is 17.5 Å². The van der Waals surface area contributed by atoms with Gasteiger partial charge in [-0.1, -0.05) is 30.3 Å². The third kappa shape index (κ3) is 10.2. The molecule has 1 atom stereocenters. The van der Waals surface area contributed by atoms with E-state index in [9.17, 15) is 26.3 Å². The fourth-order valence-corrected chi connectivity index (χ4v) is 2.98. The minimum absolute atomic E-state index is 0.126. The van der Waals surface area contributed by atoms with Crippen LogP contribution in [0, 0.1) is 0 Å². The van der Waals surface area contributed by atoms with Gasteiger partial charge in [-0.3, -0.25) is 4.74 Å². The molecule has 0 N–H and O–H groups in total. The van der Waals surface area contributed by atoms with Gasteiger partial charge in [0.2, 0.25) is 0 Å². The Labute approximate surface area is 182 Å². The van der Waals surface area contributed by atoms with Crippen molar-refractivity contribution in [2.45, 2.75) is 38.1 Å². The van der Waals surface area contributed by atoms with Gasteiger partial charge in [-0.05, 0) is 62.7 Å². The van der Waals surface area contributed by atoms with Crippen LogP contribution in [0.15, 0.2) is 48.5 Å². The van der Waals surface area contributed by atoms with E-state index < -0.39 is 18.8 Å². The normalized spacial score (nSPS) is 13.3. The van der Waals surface area contributed by atoms with Gasteiger partial charge in [-0.2, -0.15) is 0 Å². The van der Waals surface area contributed by atoms with E-state index in [0.29, 0.717) is 36.3 Å². The lowest BCUT2D eigenvalue weighted by Gasteiger charge is -2.22. The molecule has 0 aliphatic heterocycles. The zero-order valence-electron chi connectivity index (χ0n) is 17.7. The molecular formula is C22H25F6NO3. The summed E-state index contributed by atoms with van der Waals surface area (Å²) in [6.07, 6.45) is -9.81. The number of aryl methyl sites for hydroxylation is 2. The van der Waals surface area contributed by atoms with Crippen LogP contribution in [0.2, 0.25) is 0 Å². The lowest BCUT2D eigenvalue weighted by Crippen LogP contribution is -2.32. The Morgan fingerprint density at radius 3 is 2.25 bits per heavy atom. The molecule has 32 heavy (non-hydrogen) atoms. The third-order valence-corrected chi connectivity index (χ3v) is 4.41. The number of nitrogens with zero attached hydrogens (tertiary/aromatic N) is 1. The molecule has 2 aromatic rings. The number of benzene rings is 2. The molecule has 10 heteroatoms. The van der Waals surface area contributed by atoms with Crippen LogP contribution in [-0.2, 0) is 17.6 Å². The van der Waals surface area contributed by atoms with Gasteiger partial charge in [-0.15, -0.1) is 26.3 Å². The van der Waals surface area contributed by atoms with E-state index in [-0.39, 0.29) is 18.8 Å². The van der Waals surface area contributed by atoms with Crippen LogP contribution in [0.4, 0.5) is 26.3 Å². The summed E-state index contributed by atoms with van der Waals surface area (Å²) < 4.78 is 89.1. The summed E-state index contributed by atoms with van der Waals surface area (Å²) >= 11 is 0. The second kappa shape index (κ2) is 11.4. The molecule has 0 aromatic heterocycles. The van der Waals surface area contributed by atoms with Gasteiger partial charge in [0.15, 0.2) is 0 Å². The highest BCUT2D eigenvalue weighted by Crippen LogP contribution is 2.26. The maximum Gasteiger partial charge on any atom is 0.573 e. The van der Waals surface area contributed by atoms with Crippen molar-refractivity contribution in [2.75, 3.05) is 27.2 Å². The van der Waals surface area contributed by atoms with Crippen molar-refractivity contribution in [1.29, 1.82) is 0 Å². The largest absolute Gasteiger partial charge is 0.573 e. The van der Waals surface area contributed by atoms with Gasteiger partial charge in [0.1, 0.15) is 24.2 Å². The van der Waals surface area contributed by atoms with Crippen molar-refractivity contribution in [3.05, 3.63) is 59.7 Å². The second-order valence-corrected chi connectivity index (χ2v) is 7.39. The molecule has 0 amide bonds. The zero-order chi connectivity index (χ0) is 23.8. The molecule has 0 fully saturated rings. The van der Waals surface area contributed by atoms with Gasteiger partial charge >= 0.3 is 12.7 Å². The Morgan fingerprint density at radius 1 is 0.875 bits per heavy atom. The van der Waals surface area contributed by atoms with Crippen LogP contribution >= 0.6 is 0 Å². The van der Waals surface area contributed by atoms with Crippen LogP contribution in [0.5, 0.6) is 11.5 Å². The molecule has 0 saturated heterocycles. The first kappa shape index (κ1) is 25.8. The molecule has 178 valence electrons. The maximum atomic E-state index is 12.7. The van der Waals surface area contributed by atoms with E-state index in [1.54, 1.807) is 49.3 Å². The summed E-state index contributed by atoms with van der Waals surface area (Å²) in [5, 5.41) is 0. The lowest BCUT2D eigenvalue weighted by atomic mass is 10.0. The van der Waals surface area contributed by atoms with E-state index in [4.69, 9.17) is 4.74 Å². The van der Waals surface area contributed by atoms with E-state index >= 15 is 0 Å². The monoisotopic (exact) mass is 465 g/mol. The SMILES string of the molecule is CN(C)CC[C@@H](COc1ccccc1CCc1cccc(OC(F)(F)F)c1)OC(F)(F)F. The zero-order valence-corrected chi connectivity index (χ0v) is 17.7. The highest BCUT2D eigenvalue weighted by Gasteiger charge is 2.34.